The van der Waals surface area contributed by atoms with E-state index < -0.39 is 29.4 Å². The number of methoxy groups -OCH3 is 1. The minimum atomic E-state index is -0.647. The molecule has 0 bridgehead atoms. The third-order valence-electron chi connectivity index (χ3n) is 5.54. The summed E-state index contributed by atoms with van der Waals surface area (Å²) in [6, 6.07) is 3.50. The van der Waals surface area contributed by atoms with Crippen LogP contribution in [0.15, 0.2) is 21.7 Å². The van der Waals surface area contributed by atoms with Crippen LogP contribution in [0.3, 0.4) is 0 Å². The normalized spacial score (nSPS) is 14.8. The second-order valence-electron chi connectivity index (χ2n) is 7.56. The van der Waals surface area contributed by atoms with Crippen molar-refractivity contribution in [3.05, 3.63) is 32.8 Å². The second-order valence-corrected chi connectivity index (χ2v) is 7.56. The fourth-order valence-corrected chi connectivity index (χ4v) is 3.62. The number of aromatic nitrogens is 2. The molecule has 1 aromatic carbocycles. The number of carbonyl (C=O) groups is 2. The van der Waals surface area contributed by atoms with E-state index in [4.69, 9.17) is 0 Å². The highest BCUT2D eigenvalue weighted by atomic mass is 16.5. The molecule has 2 aromatic rings. The van der Waals surface area contributed by atoms with Gasteiger partial charge in [-0.05, 0) is 30.9 Å². The van der Waals surface area contributed by atoms with Gasteiger partial charge in [0.15, 0.2) is 0 Å². The van der Waals surface area contributed by atoms with Crippen molar-refractivity contribution < 1.29 is 14.3 Å². The van der Waals surface area contributed by atoms with Crippen LogP contribution in [0.25, 0.3) is 11.0 Å². The van der Waals surface area contributed by atoms with Crippen LogP contribution in [-0.4, -0.2) is 41.2 Å². The van der Waals surface area contributed by atoms with E-state index in [1.54, 1.807) is 13.1 Å². The van der Waals surface area contributed by atoms with E-state index >= 15 is 0 Å². The number of aryl methyl sites for hydroxylation is 2. The largest absolute Gasteiger partial charge is 0.469 e. The number of carbonyl (C=O) groups excluding carboxylic acids is 2. The number of esters is 1. The molecule has 1 saturated heterocycles. The van der Waals surface area contributed by atoms with Gasteiger partial charge in [0.2, 0.25) is 5.91 Å². The average molecular weight is 402 g/mol. The Kier molecular flexibility index (Phi) is 5.76. The lowest BCUT2D eigenvalue weighted by atomic mass is 9.98. The number of piperidine rings is 1. The first-order valence-corrected chi connectivity index (χ1v) is 9.58. The highest BCUT2D eigenvalue weighted by Crippen LogP contribution is 2.33. The Balaban J connectivity index is 2.14. The zero-order valence-electron chi connectivity index (χ0n) is 17.2. The van der Waals surface area contributed by atoms with Gasteiger partial charge in [-0.15, -0.1) is 0 Å². The number of hydrogen-bond donors (Lipinski definition) is 1. The number of rotatable bonds is 4. The topological polar surface area (TPSA) is 103 Å². The predicted octanol–water partition coefficient (Wildman–Crippen LogP) is 0.975. The summed E-state index contributed by atoms with van der Waals surface area (Å²) >= 11 is 0. The van der Waals surface area contributed by atoms with E-state index in [0.29, 0.717) is 22.6 Å². The van der Waals surface area contributed by atoms with Crippen LogP contribution in [0.5, 0.6) is 0 Å². The maximum atomic E-state index is 12.3. The Morgan fingerprint density at radius 2 is 1.62 bits per heavy atom. The molecule has 9 nitrogen and oxygen atoms in total. The van der Waals surface area contributed by atoms with E-state index in [1.165, 1.54) is 23.3 Å². The van der Waals surface area contributed by atoms with Gasteiger partial charge in [0.1, 0.15) is 6.42 Å². The van der Waals surface area contributed by atoms with Crippen LogP contribution in [0, 0.1) is 5.92 Å². The summed E-state index contributed by atoms with van der Waals surface area (Å²) in [5.74, 6) is -0.515. The third kappa shape index (κ3) is 4.03. The molecule has 9 heteroatoms. The van der Waals surface area contributed by atoms with Gasteiger partial charge >= 0.3 is 17.1 Å². The summed E-state index contributed by atoms with van der Waals surface area (Å²) in [4.78, 5) is 50.4. The van der Waals surface area contributed by atoms with Crippen molar-refractivity contribution in [2.24, 2.45) is 20.0 Å². The fraction of sp³-hybridized carbons (Fsp3) is 0.500. The third-order valence-corrected chi connectivity index (χ3v) is 5.54. The number of fused-ring (bicyclic) bond motifs is 1. The Morgan fingerprint density at radius 1 is 1.07 bits per heavy atom. The first-order chi connectivity index (χ1) is 13.7. The molecule has 0 radical (unpaired) electrons. The van der Waals surface area contributed by atoms with Gasteiger partial charge in [0, 0.05) is 27.2 Å². The minimum absolute atomic E-state index is 0.406. The number of benzene rings is 1. The van der Waals surface area contributed by atoms with E-state index in [1.807, 2.05) is 6.07 Å². The Bertz CT molecular complexity index is 1080. The van der Waals surface area contributed by atoms with Crippen LogP contribution < -0.4 is 21.3 Å². The zero-order valence-corrected chi connectivity index (χ0v) is 17.2. The van der Waals surface area contributed by atoms with Crippen molar-refractivity contribution in [2.45, 2.75) is 26.2 Å². The van der Waals surface area contributed by atoms with Gasteiger partial charge in [0.05, 0.1) is 29.5 Å². The van der Waals surface area contributed by atoms with Crippen LogP contribution >= 0.6 is 0 Å². The number of nitrogens with one attached hydrogen (secondary N) is 1. The smallest absolute Gasteiger partial charge is 0.316 e. The lowest BCUT2D eigenvalue weighted by molar-refractivity contribution is -0.142. The summed E-state index contributed by atoms with van der Waals surface area (Å²) in [5.41, 5.74) is 1.11. The molecule has 0 spiro atoms. The highest BCUT2D eigenvalue weighted by molar-refractivity contribution is 6.05. The fourth-order valence-electron chi connectivity index (χ4n) is 3.62. The summed E-state index contributed by atoms with van der Waals surface area (Å²) in [6.07, 6.45) is 1.62. The number of nitrogens with zero attached hydrogens (tertiary/aromatic N) is 3. The Morgan fingerprint density at radius 3 is 2.17 bits per heavy atom. The Labute approximate surface area is 167 Å². The molecule has 29 heavy (non-hydrogen) atoms. The van der Waals surface area contributed by atoms with Crippen molar-refractivity contribution in [1.29, 1.82) is 0 Å². The first-order valence-electron chi connectivity index (χ1n) is 9.58. The van der Waals surface area contributed by atoms with Gasteiger partial charge in [0.25, 0.3) is 0 Å². The van der Waals surface area contributed by atoms with Gasteiger partial charge in [-0.3, -0.25) is 19.2 Å². The lowest BCUT2D eigenvalue weighted by Gasteiger charge is -2.33. The van der Waals surface area contributed by atoms with Crippen LogP contribution in [0.4, 0.5) is 11.4 Å². The number of hydrogen-bond acceptors (Lipinski definition) is 6. The summed E-state index contributed by atoms with van der Waals surface area (Å²) < 4.78 is 7.16. The van der Waals surface area contributed by atoms with Crippen molar-refractivity contribution in [2.75, 3.05) is 30.4 Å². The maximum absolute atomic E-state index is 12.3. The van der Waals surface area contributed by atoms with Gasteiger partial charge in [-0.25, -0.2) is 0 Å². The van der Waals surface area contributed by atoms with E-state index in [9.17, 15) is 19.2 Å². The zero-order chi connectivity index (χ0) is 21.3. The van der Waals surface area contributed by atoms with Crippen molar-refractivity contribution in [3.8, 4) is 0 Å². The van der Waals surface area contributed by atoms with E-state index in [-0.39, 0.29) is 0 Å². The van der Waals surface area contributed by atoms with E-state index in [0.717, 1.165) is 31.6 Å². The number of ether oxygens (including phenoxy) is 1. The molecule has 1 fully saturated rings. The molecule has 0 unspecified atom stereocenters. The molecular formula is C20H26N4O5. The monoisotopic (exact) mass is 402 g/mol. The summed E-state index contributed by atoms with van der Waals surface area (Å²) in [5, 5.41) is 2.77. The summed E-state index contributed by atoms with van der Waals surface area (Å²) in [7, 11) is 4.31. The Hall–Kier alpha value is -3.10. The first kappa shape index (κ1) is 20.6. The predicted molar refractivity (Wildman–Crippen MR) is 110 cm³/mol. The molecule has 0 aliphatic carbocycles. The average Bonchev–Trinajstić information content (AvgIpc) is 2.70. The quantitative estimate of drug-likeness (QED) is 0.465. The molecule has 0 saturated carbocycles. The molecule has 1 aliphatic heterocycles. The number of amides is 1. The van der Waals surface area contributed by atoms with E-state index in [2.05, 4.69) is 21.9 Å². The molecule has 1 N–H and O–H groups in total. The van der Waals surface area contributed by atoms with Gasteiger partial charge in [-0.1, -0.05) is 6.92 Å². The summed E-state index contributed by atoms with van der Waals surface area (Å²) in [6.45, 7) is 3.83. The molecule has 3 rings (SSSR count). The standard InChI is InChI=1S/C20H26N4O5/c1-12-5-7-24(8-6-12)14-10-16-15(22(2)19(27)20(28)23(16)3)9-13(14)21-17(25)11-18(26)29-4/h9-10,12H,5-8,11H2,1-4H3,(H,21,25). The van der Waals surface area contributed by atoms with Crippen molar-refractivity contribution in [1.82, 2.24) is 9.13 Å². The molecule has 0 atom stereocenters. The molecule has 1 aliphatic rings. The maximum Gasteiger partial charge on any atom is 0.316 e. The SMILES string of the molecule is COC(=O)CC(=O)Nc1cc2c(cc1N1CCC(C)CC1)n(C)c(=O)c(=O)n2C. The lowest BCUT2D eigenvalue weighted by Crippen LogP contribution is -2.39. The van der Waals surface area contributed by atoms with Crippen LogP contribution in [0.1, 0.15) is 26.2 Å². The van der Waals surface area contributed by atoms with Crippen LogP contribution in [-0.2, 0) is 28.4 Å². The van der Waals surface area contributed by atoms with Gasteiger partial charge < -0.3 is 24.1 Å². The number of anilines is 2. The van der Waals surface area contributed by atoms with Crippen LogP contribution in [0.2, 0.25) is 0 Å². The van der Waals surface area contributed by atoms with Crippen molar-refractivity contribution in [3.63, 3.8) is 0 Å². The highest BCUT2D eigenvalue weighted by Gasteiger charge is 2.22. The molecular weight excluding hydrogens is 376 g/mol. The van der Waals surface area contributed by atoms with Gasteiger partial charge in [-0.2, -0.15) is 0 Å². The second kappa shape index (κ2) is 8.10. The minimum Gasteiger partial charge on any atom is -0.469 e. The molecule has 1 amide bonds. The molecule has 2 heterocycles. The molecule has 156 valence electrons. The van der Waals surface area contributed by atoms with Crippen molar-refractivity contribution >= 4 is 34.3 Å². The molecule has 1 aromatic heterocycles.